The first kappa shape index (κ1) is 18.2. The number of aromatic amines is 1. The highest BCUT2D eigenvalue weighted by Gasteiger charge is 2.49. The number of carbonyl (C=O) groups excluding carboxylic acids is 1. The smallest absolute Gasteiger partial charge is 0.227 e. The summed E-state index contributed by atoms with van der Waals surface area (Å²) < 4.78 is 13.3. The fourth-order valence-electron chi connectivity index (χ4n) is 4.54. The summed E-state index contributed by atoms with van der Waals surface area (Å²) in [4.78, 5) is 15.9. The summed E-state index contributed by atoms with van der Waals surface area (Å²) in [5.74, 6) is 0.464. The molecule has 2 fully saturated rings. The number of H-pyrrole nitrogens is 1. The Balaban J connectivity index is 0.00000182. The number of nitrogens with one attached hydrogen (secondary N) is 3. The van der Waals surface area contributed by atoms with Crippen molar-refractivity contribution in [3.05, 3.63) is 35.8 Å². The number of carbonyl (C=O) groups is 1. The highest BCUT2D eigenvalue weighted by atomic mass is 35.5. The summed E-state index contributed by atoms with van der Waals surface area (Å²) in [5.41, 5.74) is 1.73. The van der Waals surface area contributed by atoms with Crippen molar-refractivity contribution in [2.24, 2.45) is 11.3 Å². The quantitative estimate of drug-likeness (QED) is 0.779. The molecule has 4 nitrogen and oxygen atoms in total. The van der Waals surface area contributed by atoms with Crippen molar-refractivity contribution < 1.29 is 9.18 Å². The van der Waals surface area contributed by atoms with Crippen LogP contribution >= 0.6 is 12.4 Å². The van der Waals surface area contributed by atoms with Crippen molar-refractivity contribution in [2.45, 2.75) is 32.1 Å². The third kappa shape index (κ3) is 3.27. The molecule has 1 amide bonds. The van der Waals surface area contributed by atoms with Gasteiger partial charge in [-0.25, -0.2) is 4.39 Å². The average Bonchev–Trinajstić information content (AvgIpc) is 3.19. The van der Waals surface area contributed by atoms with Crippen LogP contribution in [0.4, 0.5) is 4.39 Å². The van der Waals surface area contributed by atoms with Crippen LogP contribution in [-0.4, -0.2) is 30.5 Å². The maximum atomic E-state index is 13.3. The molecule has 0 radical (unpaired) electrons. The molecule has 1 saturated carbocycles. The number of fused-ring (bicyclic) bond motifs is 2. The van der Waals surface area contributed by atoms with E-state index in [2.05, 4.69) is 15.6 Å². The fraction of sp³-hybridized carbons (Fsp3) is 0.526. The van der Waals surface area contributed by atoms with Crippen LogP contribution in [0.5, 0.6) is 0 Å². The molecule has 0 unspecified atom stereocenters. The molecule has 1 aliphatic heterocycles. The molecule has 2 heterocycles. The number of benzene rings is 1. The zero-order valence-electron chi connectivity index (χ0n) is 14.2. The van der Waals surface area contributed by atoms with Crippen LogP contribution in [0.2, 0.25) is 0 Å². The molecule has 0 spiro atoms. The van der Waals surface area contributed by atoms with Crippen molar-refractivity contribution in [3.63, 3.8) is 0 Å². The van der Waals surface area contributed by atoms with Crippen LogP contribution in [0.1, 0.15) is 31.2 Å². The van der Waals surface area contributed by atoms with Gasteiger partial charge in [0.25, 0.3) is 0 Å². The van der Waals surface area contributed by atoms with Gasteiger partial charge in [0.2, 0.25) is 5.91 Å². The standard InChI is InChI=1S/C19H24FN3O.ClH/c20-15-4-5-16-13(10-23-17(16)9-15)6-8-22-18(24)19-7-2-1-3-14(19)11-21-12-19;/h4-5,9-10,14,21,23H,1-3,6-8,11-12H2,(H,22,24);1H/t14-,19+;/m0./s1. The van der Waals surface area contributed by atoms with Crippen LogP contribution < -0.4 is 10.6 Å². The van der Waals surface area contributed by atoms with Gasteiger partial charge in [0.15, 0.2) is 0 Å². The number of halogens is 2. The second-order valence-corrected chi connectivity index (χ2v) is 7.24. The van der Waals surface area contributed by atoms with E-state index < -0.39 is 0 Å². The Morgan fingerprint density at radius 3 is 3.12 bits per heavy atom. The van der Waals surface area contributed by atoms with Gasteiger partial charge < -0.3 is 15.6 Å². The van der Waals surface area contributed by atoms with Crippen LogP contribution in [0, 0.1) is 17.2 Å². The van der Waals surface area contributed by atoms with E-state index >= 15 is 0 Å². The van der Waals surface area contributed by atoms with Gasteiger partial charge in [0.05, 0.1) is 5.41 Å². The lowest BCUT2D eigenvalue weighted by Gasteiger charge is -2.37. The number of hydrogen-bond acceptors (Lipinski definition) is 2. The minimum absolute atomic E-state index is 0. The van der Waals surface area contributed by atoms with E-state index in [1.54, 1.807) is 6.07 Å². The highest BCUT2D eigenvalue weighted by Crippen LogP contribution is 2.43. The maximum absolute atomic E-state index is 13.3. The van der Waals surface area contributed by atoms with Crippen molar-refractivity contribution in [1.29, 1.82) is 0 Å². The van der Waals surface area contributed by atoms with E-state index in [1.165, 1.54) is 18.6 Å². The molecule has 4 rings (SSSR count). The highest BCUT2D eigenvalue weighted by molar-refractivity contribution is 5.85. The first-order valence-electron chi connectivity index (χ1n) is 8.93. The van der Waals surface area contributed by atoms with Gasteiger partial charge >= 0.3 is 0 Å². The Labute approximate surface area is 153 Å². The van der Waals surface area contributed by atoms with E-state index in [-0.39, 0.29) is 29.5 Å². The van der Waals surface area contributed by atoms with Gasteiger partial charge in [0, 0.05) is 30.2 Å². The largest absolute Gasteiger partial charge is 0.361 e. The lowest BCUT2D eigenvalue weighted by Crippen LogP contribution is -2.48. The van der Waals surface area contributed by atoms with Crippen molar-refractivity contribution in [2.75, 3.05) is 19.6 Å². The summed E-state index contributed by atoms with van der Waals surface area (Å²) in [5, 5.41) is 7.61. The molecule has 2 atom stereocenters. The summed E-state index contributed by atoms with van der Waals surface area (Å²) in [6, 6.07) is 4.79. The van der Waals surface area contributed by atoms with Crippen LogP contribution in [0.25, 0.3) is 10.9 Å². The number of rotatable bonds is 4. The molecule has 1 aromatic carbocycles. The third-order valence-electron chi connectivity index (χ3n) is 5.90. The first-order chi connectivity index (χ1) is 11.7. The Morgan fingerprint density at radius 1 is 1.36 bits per heavy atom. The van der Waals surface area contributed by atoms with Gasteiger partial charge in [-0.05, 0) is 55.5 Å². The Hall–Kier alpha value is -1.59. The third-order valence-corrected chi connectivity index (χ3v) is 5.90. The summed E-state index contributed by atoms with van der Waals surface area (Å²) in [6.07, 6.45) is 7.23. The lowest BCUT2D eigenvalue weighted by atomic mass is 9.67. The van der Waals surface area contributed by atoms with Gasteiger partial charge in [-0.2, -0.15) is 0 Å². The predicted octanol–water partition coefficient (Wildman–Crippen LogP) is 3.17. The zero-order chi connectivity index (χ0) is 16.6. The SMILES string of the molecule is Cl.O=C(NCCc1c[nH]c2cc(F)ccc12)[C@@]12CCCC[C@H]1CNC2. The second kappa shape index (κ2) is 7.34. The van der Waals surface area contributed by atoms with Crippen LogP contribution in [-0.2, 0) is 11.2 Å². The summed E-state index contributed by atoms with van der Waals surface area (Å²) in [6.45, 7) is 2.41. The molecular weight excluding hydrogens is 341 g/mol. The topological polar surface area (TPSA) is 56.9 Å². The molecule has 2 aliphatic rings. The van der Waals surface area contributed by atoms with E-state index in [0.717, 1.165) is 55.2 Å². The maximum Gasteiger partial charge on any atom is 0.227 e. The van der Waals surface area contributed by atoms with E-state index in [0.29, 0.717) is 12.5 Å². The van der Waals surface area contributed by atoms with Gasteiger partial charge in [-0.1, -0.05) is 12.8 Å². The van der Waals surface area contributed by atoms with E-state index in [1.807, 2.05) is 6.20 Å². The van der Waals surface area contributed by atoms with Crippen LogP contribution in [0.15, 0.2) is 24.4 Å². The molecule has 1 aliphatic carbocycles. The van der Waals surface area contributed by atoms with Crippen molar-refractivity contribution in [1.82, 2.24) is 15.6 Å². The lowest BCUT2D eigenvalue weighted by molar-refractivity contribution is -0.133. The molecule has 3 N–H and O–H groups in total. The molecule has 6 heteroatoms. The molecule has 136 valence electrons. The van der Waals surface area contributed by atoms with Gasteiger partial charge in [-0.3, -0.25) is 4.79 Å². The number of aromatic nitrogens is 1. The van der Waals surface area contributed by atoms with E-state index in [4.69, 9.17) is 0 Å². The summed E-state index contributed by atoms with van der Waals surface area (Å²) in [7, 11) is 0. The number of amides is 1. The molecule has 1 aromatic heterocycles. The minimum atomic E-state index is -0.236. The molecular formula is C19H25ClFN3O. The minimum Gasteiger partial charge on any atom is -0.361 e. The summed E-state index contributed by atoms with van der Waals surface area (Å²) >= 11 is 0. The van der Waals surface area contributed by atoms with Crippen molar-refractivity contribution >= 4 is 29.2 Å². The zero-order valence-corrected chi connectivity index (χ0v) is 15.1. The van der Waals surface area contributed by atoms with Gasteiger partial charge in [0.1, 0.15) is 5.82 Å². The van der Waals surface area contributed by atoms with Gasteiger partial charge in [-0.15, -0.1) is 12.4 Å². The molecule has 1 saturated heterocycles. The normalized spacial score (nSPS) is 25.4. The fourth-order valence-corrected chi connectivity index (χ4v) is 4.54. The predicted molar refractivity (Wildman–Crippen MR) is 99.5 cm³/mol. The first-order valence-corrected chi connectivity index (χ1v) is 8.93. The average molecular weight is 366 g/mol. The molecule has 25 heavy (non-hydrogen) atoms. The molecule has 2 aromatic rings. The monoisotopic (exact) mass is 365 g/mol. The number of hydrogen-bond donors (Lipinski definition) is 3. The second-order valence-electron chi connectivity index (χ2n) is 7.24. The molecule has 0 bridgehead atoms. The Morgan fingerprint density at radius 2 is 2.24 bits per heavy atom. The Kier molecular flexibility index (Phi) is 5.35. The van der Waals surface area contributed by atoms with Crippen molar-refractivity contribution in [3.8, 4) is 0 Å². The Bertz CT molecular complexity index is 762. The van der Waals surface area contributed by atoms with E-state index in [9.17, 15) is 9.18 Å². The van der Waals surface area contributed by atoms with Crippen LogP contribution in [0.3, 0.4) is 0 Å².